The van der Waals surface area contributed by atoms with Gasteiger partial charge in [0.25, 0.3) is 0 Å². The van der Waals surface area contributed by atoms with E-state index in [2.05, 4.69) is 22.8 Å². The maximum absolute atomic E-state index is 9.16. The van der Waals surface area contributed by atoms with Crippen LogP contribution in [0.25, 0.3) is 0 Å². The van der Waals surface area contributed by atoms with Crippen LogP contribution in [0, 0.1) is 22.7 Å². The molecule has 0 amide bonds. The number of hydrogen-bond acceptors (Lipinski definition) is 5. The van der Waals surface area contributed by atoms with Gasteiger partial charge in [0.1, 0.15) is 23.5 Å². The average molecular weight is 320 g/mol. The molecule has 0 saturated heterocycles. The van der Waals surface area contributed by atoms with Crippen molar-refractivity contribution in [2.75, 3.05) is 14.1 Å². The highest BCUT2D eigenvalue weighted by molar-refractivity contribution is 5.59. The van der Waals surface area contributed by atoms with Crippen molar-refractivity contribution in [3.8, 4) is 12.1 Å². The Hall–Kier alpha value is -3.02. The van der Waals surface area contributed by atoms with Gasteiger partial charge < -0.3 is 15.4 Å². The molecule has 2 aliphatic rings. The zero-order chi connectivity index (χ0) is 17.6. The maximum atomic E-state index is 9.16. The van der Waals surface area contributed by atoms with E-state index < -0.39 is 0 Å². The molecule has 0 bridgehead atoms. The molecule has 0 spiro atoms. The molecule has 0 radical (unpaired) electrons. The molecular formula is C19H20N4O. The lowest BCUT2D eigenvalue weighted by Crippen LogP contribution is -2.40. The van der Waals surface area contributed by atoms with E-state index in [4.69, 9.17) is 15.3 Å². The van der Waals surface area contributed by atoms with Crippen molar-refractivity contribution in [2.24, 2.45) is 0 Å². The van der Waals surface area contributed by atoms with Crippen LogP contribution in [-0.2, 0) is 4.74 Å². The molecule has 1 unspecified atom stereocenters. The summed E-state index contributed by atoms with van der Waals surface area (Å²) in [4.78, 5) is 0. The van der Waals surface area contributed by atoms with Gasteiger partial charge >= 0.3 is 0 Å². The van der Waals surface area contributed by atoms with Crippen molar-refractivity contribution >= 4 is 0 Å². The fourth-order valence-corrected chi connectivity index (χ4v) is 2.58. The van der Waals surface area contributed by atoms with Crippen LogP contribution in [0.5, 0.6) is 0 Å². The second-order valence-corrected chi connectivity index (χ2v) is 5.47. The van der Waals surface area contributed by atoms with Crippen LogP contribution in [0.2, 0.25) is 0 Å². The van der Waals surface area contributed by atoms with Crippen LogP contribution < -0.4 is 10.6 Å². The van der Waals surface area contributed by atoms with Crippen LogP contribution in [-0.4, -0.2) is 19.6 Å². The quantitative estimate of drug-likeness (QED) is 0.779. The number of allylic oxidation sites excluding steroid dienone is 7. The molecular weight excluding hydrogens is 300 g/mol. The van der Waals surface area contributed by atoms with Gasteiger partial charge in [0, 0.05) is 23.9 Å². The maximum Gasteiger partial charge on any atom is 0.137 e. The molecule has 1 atom stereocenters. The Labute approximate surface area is 142 Å². The Bertz CT molecular complexity index is 765. The molecule has 5 nitrogen and oxygen atoms in total. The molecule has 0 fully saturated rings. The lowest BCUT2D eigenvalue weighted by molar-refractivity contribution is 0.345. The van der Waals surface area contributed by atoms with Crippen molar-refractivity contribution in [1.29, 1.82) is 10.5 Å². The van der Waals surface area contributed by atoms with E-state index in [-0.39, 0.29) is 11.1 Å². The largest absolute Gasteiger partial charge is 0.469 e. The first kappa shape index (κ1) is 17.3. The van der Waals surface area contributed by atoms with Crippen molar-refractivity contribution in [3.05, 3.63) is 70.9 Å². The van der Waals surface area contributed by atoms with Gasteiger partial charge in [-0.1, -0.05) is 24.3 Å². The van der Waals surface area contributed by atoms with E-state index in [1.165, 1.54) is 6.26 Å². The van der Waals surface area contributed by atoms with Crippen molar-refractivity contribution < 1.29 is 4.74 Å². The predicted octanol–water partition coefficient (Wildman–Crippen LogP) is 2.73. The molecule has 5 heteroatoms. The van der Waals surface area contributed by atoms with Crippen molar-refractivity contribution in [1.82, 2.24) is 10.6 Å². The van der Waals surface area contributed by atoms with Gasteiger partial charge in [0.2, 0.25) is 0 Å². The molecule has 24 heavy (non-hydrogen) atoms. The third-order valence-electron chi connectivity index (χ3n) is 4.16. The second kappa shape index (κ2) is 7.50. The lowest BCUT2D eigenvalue weighted by atomic mass is 9.88. The SMILES string of the molecule is CNC1=CCC(C=CC2=C(C)OC=CC2=C(C#N)C#N)(NC)C=C1. The topological polar surface area (TPSA) is 80.9 Å². The number of likely N-dealkylation sites (N-methyl/N-ethyl adjacent to an activating group) is 2. The summed E-state index contributed by atoms with van der Waals surface area (Å²) in [6.45, 7) is 1.82. The number of hydrogen-bond donors (Lipinski definition) is 2. The minimum absolute atomic E-state index is 0.0728. The predicted molar refractivity (Wildman–Crippen MR) is 93.0 cm³/mol. The number of rotatable bonds is 4. The Kier molecular flexibility index (Phi) is 5.42. The molecule has 2 rings (SSSR count). The second-order valence-electron chi connectivity index (χ2n) is 5.47. The average Bonchev–Trinajstić information content (AvgIpc) is 2.62. The number of nitrogens with zero attached hydrogens (tertiary/aromatic N) is 2. The first-order chi connectivity index (χ1) is 11.6. The molecule has 1 heterocycles. The minimum atomic E-state index is -0.320. The summed E-state index contributed by atoms with van der Waals surface area (Å²) in [7, 11) is 3.79. The summed E-state index contributed by atoms with van der Waals surface area (Å²) >= 11 is 0. The highest BCUT2D eigenvalue weighted by Gasteiger charge is 2.24. The summed E-state index contributed by atoms with van der Waals surface area (Å²) in [5.41, 5.74) is 2.15. The van der Waals surface area contributed by atoms with E-state index in [1.807, 2.05) is 51.4 Å². The first-order valence-corrected chi connectivity index (χ1v) is 7.63. The summed E-state index contributed by atoms with van der Waals surface area (Å²) in [6.07, 6.45) is 14.1. The summed E-state index contributed by atoms with van der Waals surface area (Å²) in [5.74, 6) is 0.657. The van der Waals surface area contributed by atoms with Crippen molar-refractivity contribution in [3.63, 3.8) is 0 Å². The summed E-state index contributed by atoms with van der Waals surface area (Å²) < 4.78 is 5.44. The monoisotopic (exact) mass is 320 g/mol. The molecule has 1 aliphatic heterocycles. The van der Waals surface area contributed by atoms with Gasteiger partial charge in [-0.2, -0.15) is 10.5 Å². The molecule has 0 aromatic carbocycles. The molecule has 1 aliphatic carbocycles. The van der Waals surface area contributed by atoms with E-state index in [0.717, 1.165) is 17.7 Å². The normalized spacial score (nSPS) is 22.7. The lowest BCUT2D eigenvalue weighted by Gasteiger charge is -2.29. The Morgan fingerprint density at radius 3 is 2.58 bits per heavy atom. The van der Waals surface area contributed by atoms with E-state index in [0.29, 0.717) is 11.3 Å². The third kappa shape index (κ3) is 3.48. The Balaban J connectivity index is 2.38. The number of nitriles is 2. The highest BCUT2D eigenvalue weighted by Crippen LogP contribution is 2.28. The molecule has 2 N–H and O–H groups in total. The first-order valence-electron chi connectivity index (χ1n) is 7.63. The molecule has 0 saturated carbocycles. The van der Waals surface area contributed by atoms with Gasteiger partial charge in [0.15, 0.2) is 0 Å². The number of ether oxygens (including phenoxy) is 1. The van der Waals surface area contributed by atoms with Crippen LogP contribution >= 0.6 is 0 Å². The fraction of sp³-hybridized carbons (Fsp3) is 0.263. The van der Waals surface area contributed by atoms with E-state index in [1.54, 1.807) is 6.08 Å². The zero-order valence-electron chi connectivity index (χ0n) is 14.1. The third-order valence-corrected chi connectivity index (χ3v) is 4.16. The van der Waals surface area contributed by atoms with E-state index >= 15 is 0 Å². The van der Waals surface area contributed by atoms with Gasteiger partial charge in [-0.05, 0) is 32.5 Å². The summed E-state index contributed by atoms with van der Waals surface area (Å²) in [5, 5.41) is 24.8. The van der Waals surface area contributed by atoms with E-state index in [9.17, 15) is 0 Å². The van der Waals surface area contributed by atoms with Gasteiger partial charge in [-0.3, -0.25) is 0 Å². The highest BCUT2D eigenvalue weighted by atomic mass is 16.5. The molecule has 0 aromatic rings. The van der Waals surface area contributed by atoms with Gasteiger partial charge in [-0.25, -0.2) is 0 Å². The molecule has 122 valence electrons. The molecule has 0 aromatic heterocycles. The van der Waals surface area contributed by atoms with Crippen LogP contribution in [0.1, 0.15) is 13.3 Å². The standard InChI is InChI=1S/C19H20N4O/c1-14-17(18(7-11-24-14)15(12-20)13-21)6-10-19(23-3)8-4-16(22-2)5-9-19/h4-8,10-11,22-23H,9H2,1-3H3. The van der Waals surface area contributed by atoms with Crippen LogP contribution in [0.3, 0.4) is 0 Å². The van der Waals surface area contributed by atoms with Crippen LogP contribution in [0.4, 0.5) is 0 Å². The Morgan fingerprint density at radius 2 is 2.04 bits per heavy atom. The van der Waals surface area contributed by atoms with Crippen molar-refractivity contribution in [2.45, 2.75) is 18.9 Å². The smallest absolute Gasteiger partial charge is 0.137 e. The van der Waals surface area contributed by atoms with Gasteiger partial charge in [0.05, 0.1) is 11.8 Å². The fourth-order valence-electron chi connectivity index (χ4n) is 2.58. The minimum Gasteiger partial charge on any atom is -0.469 e. The zero-order valence-corrected chi connectivity index (χ0v) is 14.1. The van der Waals surface area contributed by atoms with Crippen LogP contribution in [0.15, 0.2) is 70.9 Å². The Morgan fingerprint density at radius 1 is 1.29 bits per heavy atom. The van der Waals surface area contributed by atoms with Gasteiger partial charge in [-0.15, -0.1) is 0 Å². The summed E-state index contributed by atoms with van der Waals surface area (Å²) in [6, 6.07) is 3.89. The number of nitrogens with one attached hydrogen (secondary N) is 2.